The van der Waals surface area contributed by atoms with Crippen molar-refractivity contribution in [2.24, 2.45) is 18.9 Å². The highest BCUT2D eigenvalue weighted by Gasteiger charge is 2.53. The van der Waals surface area contributed by atoms with Gasteiger partial charge in [-0.05, 0) is 32.3 Å². The first-order chi connectivity index (χ1) is 18.7. The number of aromatic nitrogens is 2. The van der Waals surface area contributed by atoms with Gasteiger partial charge in [-0.2, -0.15) is 0 Å². The fourth-order valence-corrected chi connectivity index (χ4v) is 6.98. The van der Waals surface area contributed by atoms with Crippen molar-refractivity contribution in [3.8, 4) is 0 Å². The molecule has 3 aliphatic rings. The minimum absolute atomic E-state index is 0.00212. The van der Waals surface area contributed by atoms with Crippen LogP contribution in [0.5, 0.6) is 0 Å². The van der Waals surface area contributed by atoms with Gasteiger partial charge in [0.15, 0.2) is 0 Å². The Morgan fingerprint density at radius 3 is 2.41 bits per heavy atom. The number of cyclic esters (lactones) is 1. The maximum atomic E-state index is 12.6. The number of rotatable bonds is 8. The standard InChI is InChI=1S/C20H30NO3.C11H16N2O2/c1-14(2)21(3)16-9-10-17(21)12-18(11-16)24-20(23)19(13-22)15-7-5-4-6-8-15;1-3-10-8(6-15-11(10)14)4-9-5-12-7-13(9)2/h4-8,14,16-19,22H,9-13H2,1-3H3;5,7-8,10H,3-4,6H2,1-2H3/q+1;/t;8-,10-/m.0/s1. The van der Waals surface area contributed by atoms with E-state index in [1.54, 1.807) is 6.33 Å². The average molecular weight is 541 g/mol. The van der Waals surface area contributed by atoms with Crippen LogP contribution in [0.1, 0.15) is 70.1 Å². The van der Waals surface area contributed by atoms with Crippen molar-refractivity contribution in [3.05, 3.63) is 54.1 Å². The van der Waals surface area contributed by atoms with E-state index < -0.39 is 5.92 Å². The fourth-order valence-electron chi connectivity index (χ4n) is 6.98. The molecular weight excluding hydrogens is 494 g/mol. The number of fused-ring (bicyclic) bond motifs is 2. The number of hydrogen-bond donors (Lipinski definition) is 1. The number of imidazole rings is 1. The summed E-state index contributed by atoms with van der Waals surface area (Å²) in [5, 5.41) is 9.65. The Bertz CT molecular complexity index is 1090. The monoisotopic (exact) mass is 540 g/mol. The molecule has 1 N–H and O–H groups in total. The summed E-state index contributed by atoms with van der Waals surface area (Å²) in [4.78, 5) is 28.0. The largest absolute Gasteiger partial charge is 0.465 e. The van der Waals surface area contributed by atoms with Crippen LogP contribution in [-0.2, 0) is 32.5 Å². The number of aliphatic hydroxyl groups is 1. The maximum Gasteiger partial charge on any atom is 0.316 e. The first kappa shape index (κ1) is 29.3. The number of quaternary nitrogens is 1. The Kier molecular flexibility index (Phi) is 9.49. The van der Waals surface area contributed by atoms with Crippen LogP contribution in [0, 0.1) is 11.8 Å². The number of hydrogen-bond acceptors (Lipinski definition) is 6. The minimum atomic E-state index is -0.572. The molecule has 2 bridgehead atoms. The van der Waals surface area contributed by atoms with Gasteiger partial charge < -0.3 is 23.6 Å². The lowest BCUT2D eigenvalue weighted by Crippen LogP contribution is -2.62. The van der Waals surface area contributed by atoms with E-state index in [9.17, 15) is 14.7 Å². The van der Waals surface area contributed by atoms with Crippen LogP contribution in [0.4, 0.5) is 0 Å². The Morgan fingerprint density at radius 2 is 1.87 bits per heavy atom. The summed E-state index contributed by atoms with van der Waals surface area (Å²) in [6.07, 6.45) is 9.74. The van der Waals surface area contributed by atoms with Crippen molar-refractivity contribution in [1.82, 2.24) is 9.55 Å². The molecule has 214 valence electrons. The van der Waals surface area contributed by atoms with Crippen LogP contribution in [0.25, 0.3) is 0 Å². The van der Waals surface area contributed by atoms with Crippen molar-refractivity contribution in [1.29, 1.82) is 0 Å². The number of carbonyl (C=O) groups is 2. The molecule has 39 heavy (non-hydrogen) atoms. The van der Waals surface area contributed by atoms with Gasteiger partial charge in [0.1, 0.15) is 12.0 Å². The van der Waals surface area contributed by atoms with Gasteiger partial charge in [-0.3, -0.25) is 9.59 Å². The van der Waals surface area contributed by atoms with Gasteiger partial charge in [0, 0.05) is 50.5 Å². The van der Waals surface area contributed by atoms with Gasteiger partial charge >= 0.3 is 11.9 Å². The van der Waals surface area contributed by atoms with Crippen molar-refractivity contribution >= 4 is 11.9 Å². The fraction of sp³-hybridized carbons (Fsp3) is 0.645. The second kappa shape index (κ2) is 12.6. The summed E-state index contributed by atoms with van der Waals surface area (Å²) >= 11 is 0. The van der Waals surface area contributed by atoms with E-state index in [1.165, 1.54) is 12.8 Å². The summed E-state index contributed by atoms with van der Waals surface area (Å²) in [5.74, 6) is -0.507. The van der Waals surface area contributed by atoms with Gasteiger partial charge in [0.25, 0.3) is 0 Å². The molecule has 3 aliphatic heterocycles. The first-order valence-corrected chi connectivity index (χ1v) is 14.5. The van der Waals surface area contributed by atoms with Crippen LogP contribution in [0.2, 0.25) is 0 Å². The lowest BCUT2D eigenvalue weighted by Gasteiger charge is -2.49. The number of piperidine rings is 1. The predicted octanol–water partition coefficient (Wildman–Crippen LogP) is 4.02. The predicted molar refractivity (Wildman–Crippen MR) is 149 cm³/mol. The van der Waals surface area contributed by atoms with Crippen LogP contribution >= 0.6 is 0 Å². The Labute approximate surface area is 232 Å². The highest BCUT2D eigenvalue weighted by atomic mass is 16.5. The second-order valence-electron chi connectivity index (χ2n) is 12.0. The van der Waals surface area contributed by atoms with Crippen molar-refractivity contribution in [2.75, 3.05) is 20.3 Å². The molecule has 4 heterocycles. The van der Waals surface area contributed by atoms with E-state index in [4.69, 9.17) is 9.47 Å². The number of carbonyl (C=O) groups excluding carboxylic acids is 2. The molecule has 0 amide bonds. The highest BCUT2D eigenvalue weighted by Crippen LogP contribution is 2.44. The average Bonchev–Trinajstić information content (AvgIpc) is 3.53. The lowest BCUT2D eigenvalue weighted by molar-refractivity contribution is -0.968. The normalized spacial score (nSPS) is 30.4. The van der Waals surface area contributed by atoms with Crippen LogP contribution in [0.15, 0.2) is 42.9 Å². The third-order valence-corrected chi connectivity index (χ3v) is 9.68. The molecule has 0 aliphatic carbocycles. The molecule has 1 aromatic heterocycles. The minimum Gasteiger partial charge on any atom is -0.465 e. The van der Waals surface area contributed by atoms with E-state index in [-0.39, 0.29) is 30.6 Å². The Hall–Kier alpha value is -2.71. The molecule has 3 fully saturated rings. The molecule has 3 unspecified atom stereocenters. The molecular formula is C31H46N3O5+. The summed E-state index contributed by atoms with van der Waals surface area (Å²) in [6.45, 7) is 6.99. The Balaban J connectivity index is 0.000000202. The topological polar surface area (TPSA) is 90.7 Å². The number of nitrogens with zero attached hydrogens (tertiary/aromatic N) is 3. The number of esters is 2. The Morgan fingerprint density at radius 1 is 1.21 bits per heavy atom. The third-order valence-electron chi connectivity index (χ3n) is 9.68. The molecule has 3 saturated heterocycles. The first-order valence-electron chi connectivity index (χ1n) is 14.5. The zero-order chi connectivity index (χ0) is 28.2. The number of aliphatic hydroxyl groups excluding tert-OH is 1. The highest BCUT2D eigenvalue weighted by molar-refractivity contribution is 5.78. The zero-order valence-electron chi connectivity index (χ0n) is 24.2. The zero-order valence-corrected chi connectivity index (χ0v) is 24.2. The second-order valence-corrected chi connectivity index (χ2v) is 12.0. The number of ether oxygens (including phenoxy) is 2. The van der Waals surface area contributed by atoms with Crippen LogP contribution in [0.3, 0.4) is 0 Å². The van der Waals surface area contributed by atoms with Gasteiger partial charge in [-0.25, -0.2) is 4.98 Å². The van der Waals surface area contributed by atoms with Crippen LogP contribution < -0.4 is 0 Å². The van der Waals surface area contributed by atoms with E-state index in [1.807, 2.05) is 55.1 Å². The van der Waals surface area contributed by atoms with E-state index in [2.05, 4.69) is 25.9 Å². The van der Waals surface area contributed by atoms with Crippen molar-refractivity contribution in [2.45, 2.75) is 89.4 Å². The molecule has 5 atom stereocenters. The molecule has 5 rings (SSSR count). The van der Waals surface area contributed by atoms with Gasteiger partial charge in [0.2, 0.25) is 0 Å². The maximum absolute atomic E-state index is 12.6. The summed E-state index contributed by atoms with van der Waals surface area (Å²) in [6, 6.07) is 11.2. The summed E-state index contributed by atoms with van der Waals surface area (Å²) in [5.41, 5.74) is 1.99. The van der Waals surface area contributed by atoms with Gasteiger partial charge in [-0.15, -0.1) is 0 Å². The number of benzene rings is 1. The van der Waals surface area contributed by atoms with E-state index in [0.717, 1.165) is 41.4 Å². The molecule has 2 aromatic rings. The molecule has 1 aromatic carbocycles. The van der Waals surface area contributed by atoms with Crippen molar-refractivity contribution in [3.63, 3.8) is 0 Å². The summed E-state index contributed by atoms with van der Waals surface area (Å²) < 4.78 is 14.0. The molecule has 8 nitrogen and oxygen atoms in total. The molecule has 0 radical (unpaired) electrons. The van der Waals surface area contributed by atoms with Gasteiger partial charge in [-0.1, -0.05) is 37.3 Å². The molecule has 0 saturated carbocycles. The van der Waals surface area contributed by atoms with Crippen LogP contribution in [-0.4, -0.2) is 75.6 Å². The van der Waals surface area contributed by atoms with E-state index >= 15 is 0 Å². The smallest absolute Gasteiger partial charge is 0.316 e. The molecule has 0 spiro atoms. The van der Waals surface area contributed by atoms with Gasteiger partial charge in [0.05, 0.1) is 50.6 Å². The summed E-state index contributed by atoms with van der Waals surface area (Å²) in [7, 11) is 4.34. The SMILES string of the molecule is CC(C)[N+]1(C)C2CCC1CC(OC(=O)C(CO)c1ccccc1)C2.CC[C@@H]1C(=O)OC[C@@H]1Cc1cncn1C. The number of aryl methyl sites for hydroxylation is 1. The quantitative estimate of drug-likeness (QED) is 0.402. The van der Waals surface area contributed by atoms with E-state index in [0.29, 0.717) is 30.7 Å². The third kappa shape index (κ3) is 6.22. The van der Waals surface area contributed by atoms with Crippen molar-refractivity contribution < 1.29 is 28.7 Å². The lowest BCUT2D eigenvalue weighted by atomic mass is 9.89. The molecule has 8 heteroatoms.